The highest BCUT2D eigenvalue weighted by molar-refractivity contribution is 5.59. The molecule has 1 aromatic rings. The molecule has 0 radical (unpaired) electrons. The van der Waals surface area contributed by atoms with Crippen LogP contribution in [0.2, 0.25) is 0 Å². The highest BCUT2D eigenvalue weighted by Crippen LogP contribution is 2.38. The Morgan fingerprint density at radius 3 is 2.53 bits per heavy atom. The maximum Gasteiger partial charge on any atom is 0.317 e. The van der Waals surface area contributed by atoms with E-state index in [4.69, 9.17) is 0 Å². The molecular weight excluding hydrogens is 222 g/mol. The van der Waals surface area contributed by atoms with Gasteiger partial charge in [0.2, 0.25) is 5.75 Å². The molecule has 0 atom stereocenters. The van der Waals surface area contributed by atoms with E-state index in [1.165, 1.54) is 12.1 Å². The average Bonchev–Trinajstić information content (AvgIpc) is 2.28. The monoisotopic (exact) mass is 239 g/mol. The molecule has 0 saturated heterocycles. The molecule has 2 N–H and O–H groups in total. The van der Waals surface area contributed by atoms with Gasteiger partial charge in [0.05, 0.1) is 4.92 Å². The van der Waals surface area contributed by atoms with Gasteiger partial charge in [-0.1, -0.05) is 26.2 Å². The van der Waals surface area contributed by atoms with E-state index in [-0.39, 0.29) is 5.69 Å². The summed E-state index contributed by atoms with van der Waals surface area (Å²) in [7, 11) is 0. The van der Waals surface area contributed by atoms with E-state index < -0.39 is 16.4 Å². The Hall–Kier alpha value is -1.78. The van der Waals surface area contributed by atoms with Gasteiger partial charge in [-0.05, 0) is 25.0 Å². The van der Waals surface area contributed by atoms with Crippen molar-refractivity contribution in [1.29, 1.82) is 0 Å². The molecule has 0 fully saturated rings. The normalized spacial score (nSPS) is 10.4. The number of phenolic OH excluding ortho intramolecular Hbond substituents is 2. The lowest BCUT2D eigenvalue weighted by Gasteiger charge is -2.05. The Kier molecular flexibility index (Phi) is 4.75. The third-order valence-corrected chi connectivity index (χ3v) is 2.70. The number of nitro groups is 1. The van der Waals surface area contributed by atoms with Crippen molar-refractivity contribution in [2.24, 2.45) is 0 Å². The van der Waals surface area contributed by atoms with Crippen molar-refractivity contribution in [3.63, 3.8) is 0 Å². The number of unbranched alkanes of at least 4 members (excludes halogenated alkanes) is 3. The number of hydrogen-bond acceptors (Lipinski definition) is 4. The van der Waals surface area contributed by atoms with Crippen LogP contribution in [0.15, 0.2) is 12.1 Å². The molecule has 1 aromatic carbocycles. The van der Waals surface area contributed by atoms with Crippen LogP contribution in [0.3, 0.4) is 0 Å². The molecule has 0 aromatic heterocycles. The summed E-state index contributed by atoms with van der Waals surface area (Å²) < 4.78 is 0. The Morgan fingerprint density at radius 1 is 1.24 bits per heavy atom. The second-order valence-electron chi connectivity index (χ2n) is 4.01. The molecule has 0 bridgehead atoms. The predicted octanol–water partition coefficient (Wildman–Crippen LogP) is 3.13. The topological polar surface area (TPSA) is 83.6 Å². The lowest BCUT2D eigenvalue weighted by atomic mass is 10.0. The smallest absolute Gasteiger partial charge is 0.317 e. The van der Waals surface area contributed by atoms with Crippen molar-refractivity contribution in [3.8, 4) is 11.5 Å². The summed E-state index contributed by atoms with van der Waals surface area (Å²) in [5.74, 6) is -1.09. The molecule has 0 aliphatic carbocycles. The quantitative estimate of drug-likeness (QED) is 0.346. The van der Waals surface area contributed by atoms with Crippen LogP contribution in [-0.2, 0) is 6.42 Å². The molecule has 0 aliphatic heterocycles. The lowest BCUT2D eigenvalue weighted by Crippen LogP contribution is -1.96. The van der Waals surface area contributed by atoms with Gasteiger partial charge in [0.1, 0.15) is 0 Å². The molecule has 0 saturated carbocycles. The van der Waals surface area contributed by atoms with E-state index in [0.29, 0.717) is 12.0 Å². The molecule has 1 rings (SSSR count). The van der Waals surface area contributed by atoms with Gasteiger partial charge in [-0.25, -0.2) is 0 Å². The van der Waals surface area contributed by atoms with Gasteiger partial charge < -0.3 is 10.2 Å². The summed E-state index contributed by atoms with van der Waals surface area (Å²) in [4.78, 5) is 10.2. The van der Waals surface area contributed by atoms with Crippen molar-refractivity contribution < 1.29 is 15.1 Å². The van der Waals surface area contributed by atoms with Gasteiger partial charge >= 0.3 is 5.69 Å². The fourth-order valence-corrected chi connectivity index (χ4v) is 1.76. The first-order valence-electron chi connectivity index (χ1n) is 5.76. The Morgan fingerprint density at radius 2 is 1.94 bits per heavy atom. The van der Waals surface area contributed by atoms with Gasteiger partial charge in [-0.2, -0.15) is 0 Å². The standard InChI is InChI=1S/C12H17NO4/c1-2-3-4-5-6-9-7-8-10(14)12(15)11(9)13(16)17/h7-8,14-15H,2-6H2,1H3. The first-order chi connectivity index (χ1) is 8.07. The van der Waals surface area contributed by atoms with Crippen molar-refractivity contribution in [3.05, 3.63) is 27.8 Å². The zero-order chi connectivity index (χ0) is 12.8. The number of benzene rings is 1. The second-order valence-corrected chi connectivity index (χ2v) is 4.01. The number of rotatable bonds is 6. The third kappa shape index (κ3) is 3.34. The van der Waals surface area contributed by atoms with E-state index in [2.05, 4.69) is 6.92 Å². The van der Waals surface area contributed by atoms with Crippen molar-refractivity contribution >= 4 is 5.69 Å². The minimum absolute atomic E-state index is 0.374. The molecule has 0 unspecified atom stereocenters. The minimum Gasteiger partial charge on any atom is -0.504 e. The van der Waals surface area contributed by atoms with Gasteiger partial charge in [0, 0.05) is 5.56 Å². The number of aryl methyl sites for hydroxylation is 1. The van der Waals surface area contributed by atoms with Crippen LogP contribution in [0.1, 0.15) is 38.2 Å². The number of nitrogens with zero attached hydrogens (tertiary/aromatic N) is 1. The summed E-state index contributed by atoms with van der Waals surface area (Å²) in [5.41, 5.74) is 0.0999. The first-order valence-corrected chi connectivity index (χ1v) is 5.76. The van der Waals surface area contributed by atoms with Crippen LogP contribution in [0, 0.1) is 10.1 Å². The highest BCUT2D eigenvalue weighted by Gasteiger charge is 2.22. The Bertz CT molecular complexity index is 404. The first kappa shape index (κ1) is 13.3. The SMILES string of the molecule is CCCCCCc1ccc(O)c(O)c1[N+](=O)[O-]. The number of nitro benzene ring substituents is 1. The molecule has 0 aliphatic rings. The largest absolute Gasteiger partial charge is 0.504 e. The average molecular weight is 239 g/mol. The summed E-state index contributed by atoms with van der Waals surface area (Å²) in [5, 5.41) is 29.5. The molecule has 17 heavy (non-hydrogen) atoms. The molecule has 0 amide bonds. The highest BCUT2D eigenvalue weighted by atomic mass is 16.6. The molecule has 5 nitrogen and oxygen atoms in total. The summed E-state index contributed by atoms with van der Waals surface area (Å²) in [6.07, 6.45) is 4.60. The molecule has 0 heterocycles. The second kappa shape index (κ2) is 6.08. The zero-order valence-electron chi connectivity index (χ0n) is 9.85. The Balaban J connectivity index is 2.84. The predicted molar refractivity (Wildman–Crippen MR) is 64.3 cm³/mol. The van der Waals surface area contributed by atoms with Crippen LogP contribution >= 0.6 is 0 Å². The van der Waals surface area contributed by atoms with Crippen LogP contribution < -0.4 is 0 Å². The van der Waals surface area contributed by atoms with Crippen molar-refractivity contribution in [2.75, 3.05) is 0 Å². The minimum atomic E-state index is -0.649. The number of hydrogen-bond donors (Lipinski definition) is 2. The molecule has 0 spiro atoms. The van der Waals surface area contributed by atoms with Gasteiger partial charge in [0.25, 0.3) is 0 Å². The van der Waals surface area contributed by atoms with Crippen LogP contribution in [-0.4, -0.2) is 15.1 Å². The third-order valence-electron chi connectivity index (χ3n) is 2.70. The summed E-state index contributed by atoms with van der Waals surface area (Å²) in [6, 6.07) is 2.79. The maximum atomic E-state index is 10.8. The molecular formula is C12H17NO4. The summed E-state index contributed by atoms with van der Waals surface area (Å²) in [6.45, 7) is 2.09. The van der Waals surface area contributed by atoms with Crippen LogP contribution in [0.5, 0.6) is 11.5 Å². The van der Waals surface area contributed by atoms with Crippen molar-refractivity contribution in [2.45, 2.75) is 39.0 Å². The summed E-state index contributed by atoms with van der Waals surface area (Å²) >= 11 is 0. The fraction of sp³-hybridized carbons (Fsp3) is 0.500. The number of aromatic hydroxyl groups is 2. The lowest BCUT2D eigenvalue weighted by molar-refractivity contribution is -0.386. The molecule has 5 heteroatoms. The van der Waals surface area contributed by atoms with Gasteiger partial charge in [-0.15, -0.1) is 0 Å². The Labute approximate surface area is 99.9 Å². The van der Waals surface area contributed by atoms with E-state index in [1.54, 1.807) is 0 Å². The van der Waals surface area contributed by atoms with Crippen LogP contribution in [0.4, 0.5) is 5.69 Å². The van der Waals surface area contributed by atoms with Gasteiger partial charge in [0.15, 0.2) is 5.75 Å². The van der Waals surface area contributed by atoms with E-state index >= 15 is 0 Å². The maximum absolute atomic E-state index is 10.8. The van der Waals surface area contributed by atoms with E-state index in [0.717, 1.165) is 25.7 Å². The zero-order valence-corrected chi connectivity index (χ0v) is 9.85. The van der Waals surface area contributed by atoms with Crippen LogP contribution in [0.25, 0.3) is 0 Å². The van der Waals surface area contributed by atoms with E-state index in [9.17, 15) is 20.3 Å². The fourth-order valence-electron chi connectivity index (χ4n) is 1.76. The molecule has 94 valence electrons. The number of phenols is 2. The van der Waals surface area contributed by atoms with E-state index in [1.807, 2.05) is 0 Å². The van der Waals surface area contributed by atoms with Gasteiger partial charge in [-0.3, -0.25) is 10.1 Å². The van der Waals surface area contributed by atoms with Crippen molar-refractivity contribution in [1.82, 2.24) is 0 Å².